The monoisotopic (exact) mass is 492 g/mol. The predicted molar refractivity (Wildman–Crippen MR) is 131 cm³/mol. The van der Waals surface area contributed by atoms with Crippen LogP contribution in [0.1, 0.15) is 71.6 Å². The van der Waals surface area contributed by atoms with E-state index in [1.54, 1.807) is 24.3 Å². The maximum atomic E-state index is 12.4. The topological polar surface area (TPSA) is 70.6 Å². The fourth-order valence-electron chi connectivity index (χ4n) is 3.29. The van der Waals surface area contributed by atoms with Gasteiger partial charge in [0, 0.05) is 12.2 Å². The van der Waals surface area contributed by atoms with Gasteiger partial charge in [0.05, 0.1) is 0 Å². The van der Waals surface area contributed by atoms with Gasteiger partial charge in [-0.05, 0) is 63.5 Å². The number of rotatable bonds is 12. The van der Waals surface area contributed by atoms with E-state index < -0.39 is 23.0 Å². The molecule has 1 aliphatic rings. The van der Waals surface area contributed by atoms with Crippen LogP contribution in [0.5, 0.6) is 5.75 Å². The van der Waals surface area contributed by atoms with Crippen LogP contribution in [0.4, 0.5) is 18.9 Å². The number of benzene rings is 1. The second-order valence-electron chi connectivity index (χ2n) is 8.46. The zero-order valence-corrected chi connectivity index (χ0v) is 20.6. The lowest BCUT2D eigenvalue weighted by Crippen LogP contribution is -2.43. The molecule has 0 bridgehead atoms. The fourth-order valence-corrected chi connectivity index (χ4v) is 3.51. The van der Waals surface area contributed by atoms with Gasteiger partial charge in [0.1, 0.15) is 10.5 Å². The number of nitrogens with one attached hydrogen (secondary N) is 2. The normalized spacial score (nSPS) is 16.3. The Morgan fingerprint density at radius 1 is 1.12 bits per heavy atom. The van der Waals surface area contributed by atoms with Crippen molar-refractivity contribution in [2.45, 2.75) is 88.7 Å². The van der Waals surface area contributed by atoms with Crippen molar-refractivity contribution in [2.24, 2.45) is 0 Å². The Kier molecular flexibility index (Phi) is 13.7. The summed E-state index contributed by atoms with van der Waals surface area (Å²) in [4.78, 5) is 10.6. The highest BCUT2D eigenvalue weighted by molar-refractivity contribution is 7.82. The lowest BCUT2D eigenvalue weighted by molar-refractivity contribution is -0.189. The van der Waals surface area contributed by atoms with Gasteiger partial charge in [0.25, 0.3) is 0 Å². The fraction of sp³-hybridized carbons (Fsp3) is 0.708. The summed E-state index contributed by atoms with van der Waals surface area (Å²) < 4.78 is 41.3. The van der Waals surface area contributed by atoms with E-state index in [0.717, 1.165) is 38.7 Å². The maximum absolute atomic E-state index is 12.4. The summed E-state index contributed by atoms with van der Waals surface area (Å²) in [7, 11) is 0. The first-order chi connectivity index (χ1) is 15.6. The largest absolute Gasteiger partial charge is 0.481 e. The van der Waals surface area contributed by atoms with E-state index in [1.807, 2.05) is 0 Å². The van der Waals surface area contributed by atoms with Gasteiger partial charge in [-0.1, -0.05) is 45.4 Å². The number of anilines is 1. The molecule has 33 heavy (non-hydrogen) atoms. The molecule has 0 spiro atoms. The zero-order valence-electron chi connectivity index (χ0n) is 19.7. The van der Waals surface area contributed by atoms with Crippen molar-refractivity contribution in [2.75, 3.05) is 25.0 Å². The minimum Gasteiger partial charge on any atom is -0.481 e. The molecule has 0 amide bonds. The summed E-state index contributed by atoms with van der Waals surface area (Å²) in [6, 6.07) is 6.63. The van der Waals surface area contributed by atoms with Crippen molar-refractivity contribution in [3.8, 4) is 5.75 Å². The molecule has 190 valence electrons. The van der Waals surface area contributed by atoms with Crippen LogP contribution in [0, 0.1) is 0 Å². The minimum absolute atomic E-state index is 0.233. The van der Waals surface area contributed by atoms with Gasteiger partial charge < -0.3 is 20.5 Å². The third-order valence-corrected chi connectivity index (χ3v) is 6.20. The average Bonchev–Trinajstić information content (AvgIpc) is 2.77. The SMILES string of the molecule is CCCCCCCCCNc1ccc(OC(C)C(F)(F)F)cc1.O=C(O)C1(S)CCNCC1. The summed E-state index contributed by atoms with van der Waals surface area (Å²) in [5, 5.41) is 15.1. The number of ether oxygens (including phenoxy) is 1. The quantitative estimate of drug-likeness (QED) is 0.204. The maximum Gasteiger partial charge on any atom is 0.425 e. The van der Waals surface area contributed by atoms with Gasteiger partial charge in [-0.15, -0.1) is 0 Å². The Bertz CT molecular complexity index is 666. The Balaban J connectivity index is 0.000000451. The first kappa shape index (κ1) is 29.4. The highest BCUT2D eigenvalue weighted by Gasteiger charge is 2.38. The summed E-state index contributed by atoms with van der Waals surface area (Å²) in [5.41, 5.74) is 0.906. The first-order valence-corrected chi connectivity index (χ1v) is 12.3. The number of aliphatic carboxylic acids is 1. The van der Waals surface area contributed by atoms with Crippen molar-refractivity contribution in [3.63, 3.8) is 0 Å². The Hall–Kier alpha value is -1.61. The van der Waals surface area contributed by atoms with Crippen LogP contribution in [0.3, 0.4) is 0 Å². The molecular formula is C24H39F3N2O3S. The Morgan fingerprint density at radius 3 is 2.15 bits per heavy atom. The van der Waals surface area contributed by atoms with Crippen molar-refractivity contribution >= 4 is 24.3 Å². The van der Waals surface area contributed by atoms with Crippen LogP contribution in [0.25, 0.3) is 0 Å². The molecule has 1 aliphatic heterocycles. The number of carbonyl (C=O) groups is 1. The molecule has 1 fully saturated rings. The van der Waals surface area contributed by atoms with E-state index in [1.165, 1.54) is 38.5 Å². The number of carboxylic acids is 1. The van der Waals surface area contributed by atoms with Gasteiger partial charge in [0.15, 0.2) is 6.10 Å². The van der Waals surface area contributed by atoms with Crippen LogP contribution in [0.2, 0.25) is 0 Å². The number of unbranched alkanes of at least 4 members (excludes halogenated alkanes) is 6. The predicted octanol–water partition coefficient (Wildman–Crippen LogP) is 6.30. The number of piperidine rings is 1. The van der Waals surface area contributed by atoms with Crippen molar-refractivity contribution in [1.29, 1.82) is 0 Å². The lowest BCUT2D eigenvalue weighted by Gasteiger charge is -2.28. The Morgan fingerprint density at radius 2 is 1.67 bits per heavy atom. The second kappa shape index (κ2) is 15.3. The Labute approximate surface area is 201 Å². The zero-order chi connectivity index (χ0) is 24.7. The second-order valence-corrected chi connectivity index (χ2v) is 9.32. The molecule has 5 nitrogen and oxygen atoms in total. The summed E-state index contributed by atoms with van der Waals surface area (Å²) in [5.74, 6) is -0.561. The van der Waals surface area contributed by atoms with Gasteiger partial charge in [-0.3, -0.25) is 4.79 Å². The molecule has 3 N–H and O–H groups in total. The molecule has 1 saturated heterocycles. The number of halogens is 3. The minimum atomic E-state index is -4.34. The van der Waals surface area contributed by atoms with Crippen LogP contribution < -0.4 is 15.4 Å². The number of alkyl halides is 3. The first-order valence-electron chi connectivity index (χ1n) is 11.8. The molecule has 1 unspecified atom stereocenters. The number of hydrogen-bond acceptors (Lipinski definition) is 5. The smallest absolute Gasteiger partial charge is 0.425 e. The molecule has 0 radical (unpaired) electrons. The molecule has 1 aromatic carbocycles. The highest BCUT2D eigenvalue weighted by atomic mass is 32.1. The van der Waals surface area contributed by atoms with Crippen LogP contribution in [-0.4, -0.2) is 47.7 Å². The van der Waals surface area contributed by atoms with Gasteiger partial charge in [-0.2, -0.15) is 25.8 Å². The molecule has 2 rings (SSSR count). The summed E-state index contributed by atoms with van der Waals surface area (Å²) in [6.45, 7) is 5.62. The summed E-state index contributed by atoms with van der Waals surface area (Å²) >= 11 is 4.11. The van der Waals surface area contributed by atoms with Crippen LogP contribution >= 0.6 is 12.6 Å². The molecule has 1 heterocycles. The van der Waals surface area contributed by atoms with E-state index in [0.29, 0.717) is 12.8 Å². The highest BCUT2D eigenvalue weighted by Crippen LogP contribution is 2.26. The van der Waals surface area contributed by atoms with E-state index in [2.05, 4.69) is 30.2 Å². The van der Waals surface area contributed by atoms with E-state index >= 15 is 0 Å². The van der Waals surface area contributed by atoms with Crippen molar-refractivity contribution in [3.05, 3.63) is 24.3 Å². The van der Waals surface area contributed by atoms with Gasteiger partial charge in [0.2, 0.25) is 0 Å². The van der Waals surface area contributed by atoms with Crippen molar-refractivity contribution in [1.82, 2.24) is 5.32 Å². The molecular weight excluding hydrogens is 453 g/mol. The molecule has 0 aliphatic carbocycles. The third-order valence-electron chi connectivity index (χ3n) is 5.57. The van der Waals surface area contributed by atoms with E-state index in [9.17, 15) is 18.0 Å². The van der Waals surface area contributed by atoms with Crippen molar-refractivity contribution < 1.29 is 27.8 Å². The van der Waals surface area contributed by atoms with Crippen LogP contribution in [-0.2, 0) is 4.79 Å². The van der Waals surface area contributed by atoms with Crippen LogP contribution in [0.15, 0.2) is 24.3 Å². The average molecular weight is 493 g/mol. The molecule has 9 heteroatoms. The standard InChI is InChI=1S/C18H28F3NO.C6H11NO2S/c1-3-4-5-6-7-8-9-14-22-16-10-12-17(13-11-16)23-15(2)18(19,20)21;8-5(9)6(10)1-3-7-4-2-6/h10-13,15,22H,3-9,14H2,1-2H3;7,10H,1-4H2,(H,8,9). The van der Waals surface area contributed by atoms with Gasteiger partial charge >= 0.3 is 12.1 Å². The molecule has 0 saturated carbocycles. The number of carboxylic acid groups (broad SMARTS) is 1. The van der Waals surface area contributed by atoms with Gasteiger partial charge in [-0.25, -0.2) is 0 Å². The number of thiol groups is 1. The third kappa shape index (κ3) is 12.4. The molecule has 1 aromatic rings. The number of hydrogen-bond donors (Lipinski definition) is 4. The lowest BCUT2D eigenvalue weighted by atomic mass is 9.97. The van der Waals surface area contributed by atoms with E-state index in [4.69, 9.17) is 9.84 Å². The van der Waals surface area contributed by atoms with E-state index in [-0.39, 0.29) is 5.75 Å². The molecule has 0 aromatic heterocycles. The summed E-state index contributed by atoms with van der Waals surface area (Å²) in [6.07, 6.45) is 3.89. The molecule has 1 atom stereocenters.